The van der Waals surface area contributed by atoms with Crippen LogP contribution in [0, 0.1) is 0 Å². The molecule has 0 heterocycles. The highest BCUT2D eigenvalue weighted by Gasteiger charge is 1.89. The van der Waals surface area contributed by atoms with E-state index >= 15 is 0 Å². The number of rotatable bonds is 9. The third kappa shape index (κ3) is 11.4. The van der Waals surface area contributed by atoms with Crippen molar-refractivity contribution in [3.63, 3.8) is 0 Å². The summed E-state index contributed by atoms with van der Waals surface area (Å²) in [4.78, 5) is 10.6. The Kier molecular flexibility index (Phi) is 10.0. The first-order chi connectivity index (χ1) is 6.77. The van der Waals surface area contributed by atoms with Gasteiger partial charge in [0.2, 0.25) is 0 Å². The summed E-state index contributed by atoms with van der Waals surface area (Å²) in [5, 5.41) is 0. The average Bonchev–Trinajstić information content (AvgIpc) is 2.15. The predicted molar refractivity (Wildman–Crippen MR) is 62.4 cm³/mol. The number of allylic oxidation sites excluding steroid dienone is 2. The van der Waals surface area contributed by atoms with E-state index in [0.29, 0.717) is 0 Å². The number of carbonyl (C=O) groups is 1. The number of hydrogen-bond donors (Lipinski definition) is 0. The molecule has 0 fully saturated rings. The second kappa shape index (κ2) is 10.5. The second-order valence-corrected chi connectivity index (χ2v) is 3.92. The SMILES string of the molecule is CCCCCCCCC/C=C\C(C)=O. The molecule has 0 aromatic rings. The van der Waals surface area contributed by atoms with Crippen LogP contribution in [-0.4, -0.2) is 5.78 Å². The quantitative estimate of drug-likeness (QED) is 0.397. The van der Waals surface area contributed by atoms with Crippen molar-refractivity contribution >= 4 is 5.78 Å². The van der Waals surface area contributed by atoms with Gasteiger partial charge in [0.25, 0.3) is 0 Å². The van der Waals surface area contributed by atoms with E-state index in [1.165, 1.54) is 44.9 Å². The van der Waals surface area contributed by atoms with E-state index in [4.69, 9.17) is 0 Å². The molecule has 0 N–H and O–H groups in total. The summed E-state index contributed by atoms with van der Waals surface area (Å²) >= 11 is 0. The lowest BCUT2D eigenvalue weighted by atomic mass is 10.1. The van der Waals surface area contributed by atoms with Crippen molar-refractivity contribution in [1.82, 2.24) is 0 Å². The van der Waals surface area contributed by atoms with Crippen molar-refractivity contribution in [2.75, 3.05) is 0 Å². The molecule has 0 rings (SSSR count). The molecule has 0 radical (unpaired) electrons. The van der Waals surface area contributed by atoms with Crippen molar-refractivity contribution in [1.29, 1.82) is 0 Å². The molecule has 0 unspecified atom stereocenters. The molecule has 0 aliphatic rings. The highest BCUT2D eigenvalue weighted by molar-refractivity contribution is 5.87. The summed E-state index contributed by atoms with van der Waals surface area (Å²) in [6, 6.07) is 0. The van der Waals surface area contributed by atoms with Gasteiger partial charge in [0.05, 0.1) is 0 Å². The number of ketones is 1. The first-order valence-corrected chi connectivity index (χ1v) is 5.94. The molecule has 0 bridgehead atoms. The van der Waals surface area contributed by atoms with Crippen molar-refractivity contribution in [2.45, 2.75) is 65.2 Å². The molecule has 1 nitrogen and oxygen atoms in total. The van der Waals surface area contributed by atoms with E-state index in [1.807, 2.05) is 6.08 Å². The van der Waals surface area contributed by atoms with E-state index in [2.05, 4.69) is 6.92 Å². The van der Waals surface area contributed by atoms with Gasteiger partial charge in [-0.25, -0.2) is 0 Å². The summed E-state index contributed by atoms with van der Waals surface area (Å²) in [6.07, 6.45) is 14.1. The minimum Gasteiger partial charge on any atom is -0.295 e. The van der Waals surface area contributed by atoms with Crippen LogP contribution in [0.4, 0.5) is 0 Å². The van der Waals surface area contributed by atoms with Gasteiger partial charge in [-0.3, -0.25) is 4.79 Å². The van der Waals surface area contributed by atoms with Crippen molar-refractivity contribution in [3.8, 4) is 0 Å². The lowest BCUT2D eigenvalue weighted by molar-refractivity contribution is -0.112. The minimum atomic E-state index is 0.160. The van der Waals surface area contributed by atoms with Gasteiger partial charge in [0, 0.05) is 0 Å². The zero-order chi connectivity index (χ0) is 10.6. The Morgan fingerprint density at radius 3 is 2.14 bits per heavy atom. The summed E-state index contributed by atoms with van der Waals surface area (Å²) in [7, 11) is 0. The van der Waals surface area contributed by atoms with Crippen LogP contribution in [0.1, 0.15) is 65.2 Å². The van der Waals surface area contributed by atoms with Crippen LogP contribution in [-0.2, 0) is 4.79 Å². The van der Waals surface area contributed by atoms with E-state index in [-0.39, 0.29) is 5.78 Å². The molecule has 0 atom stereocenters. The molecular formula is C13H24O. The fraction of sp³-hybridized carbons (Fsp3) is 0.769. The van der Waals surface area contributed by atoms with Crippen molar-refractivity contribution in [3.05, 3.63) is 12.2 Å². The fourth-order valence-electron chi connectivity index (χ4n) is 1.47. The van der Waals surface area contributed by atoms with Crippen LogP contribution in [0.3, 0.4) is 0 Å². The van der Waals surface area contributed by atoms with Crippen LogP contribution in [0.15, 0.2) is 12.2 Å². The Hall–Kier alpha value is -0.590. The van der Waals surface area contributed by atoms with Crippen LogP contribution >= 0.6 is 0 Å². The van der Waals surface area contributed by atoms with E-state index in [1.54, 1.807) is 13.0 Å². The summed E-state index contributed by atoms with van der Waals surface area (Å²) < 4.78 is 0. The van der Waals surface area contributed by atoms with E-state index in [0.717, 1.165) is 6.42 Å². The molecule has 14 heavy (non-hydrogen) atoms. The number of carbonyl (C=O) groups excluding carboxylic acids is 1. The first-order valence-electron chi connectivity index (χ1n) is 5.94. The number of hydrogen-bond acceptors (Lipinski definition) is 1. The van der Waals surface area contributed by atoms with E-state index < -0.39 is 0 Å². The van der Waals surface area contributed by atoms with Gasteiger partial charge in [-0.15, -0.1) is 0 Å². The van der Waals surface area contributed by atoms with Crippen molar-refractivity contribution in [2.24, 2.45) is 0 Å². The highest BCUT2D eigenvalue weighted by Crippen LogP contribution is 2.08. The van der Waals surface area contributed by atoms with Crippen LogP contribution in [0.25, 0.3) is 0 Å². The summed E-state index contributed by atoms with van der Waals surface area (Å²) in [6.45, 7) is 3.84. The monoisotopic (exact) mass is 196 g/mol. The van der Waals surface area contributed by atoms with Gasteiger partial charge in [-0.05, 0) is 25.8 Å². The van der Waals surface area contributed by atoms with Crippen LogP contribution < -0.4 is 0 Å². The van der Waals surface area contributed by atoms with E-state index in [9.17, 15) is 4.79 Å². The molecule has 0 saturated carbocycles. The van der Waals surface area contributed by atoms with Crippen LogP contribution in [0.5, 0.6) is 0 Å². The normalized spacial score (nSPS) is 11.0. The lowest BCUT2D eigenvalue weighted by Gasteiger charge is -1.98. The maximum absolute atomic E-state index is 10.6. The lowest BCUT2D eigenvalue weighted by Crippen LogP contribution is -1.81. The molecule has 0 amide bonds. The molecule has 0 aliphatic carbocycles. The van der Waals surface area contributed by atoms with Gasteiger partial charge >= 0.3 is 0 Å². The Morgan fingerprint density at radius 1 is 1.00 bits per heavy atom. The van der Waals surface area contributed by atoms with Gasteiger partial charge in [0.15, 0.2) is 5.78 Å². The Bertz CT molecular complexity index is 159. The Morgan fingerprint density at radius 2 is 1.57 bits per heavy atom. The first kappa shape index (κ1) is 13.4. The molecular weight excluding hydrogens is 172 g/mol. The fourth-order valence-corrected chi connectivity index (χ4v) is 1.47. The Labute approximate surface area is 88.6 Å². The van der Waals surface area contributed by atoms with Crippen LogP contribution in [0.2, 0.25) is 0 Å². The minimum absolute atomic E-state index is 0.160. The number of unbranched alkanes of at least 4 members (excludes halogenated alkanes) is 7. The standard InChI is InChI=1S/C13H24O/c1-3-4-5-6-7-8-9-10-11-12-13(2)14/h11-12H,3-10H2,1-2H3/b12-11-. The predicted octanol–water partition coefficient (Wildman–Crippen LogP) is 4.27. The summed E-state index contributed by atoms with van der Waals surface area (Å²) in [5.74, 6) is 0.160. The third-order valence-electron chi connectivity index (χ3n) is 2.33. The Balaban J connectivity index is 3.02. The average molecular weight is 196 g/mol. The molecule has 0 aromatic carbocycles. The topological polar surface area (TPSA) is 17.1 Å². The smallest absolute Gasteiger partial charge is 0.152 e. The zero-order valence-electron chi connectivity index (χ0n) is 9.72. The molecule has 0 saturated heterocycles. The highest BCUT2D eigenvalue weighted by atomic mass is 16.1. The largest absolute Gasteiger partial charge is 0.295 e. The summed E-state index contributed by atoms with van der Waals surface area (Å²) in [5.41, 5.74) is 0. The van der Waals surface area contributed by atoms with Gasteiger partial charge in [-0.2, -0.15) is 0 Å². The molecule has 0 aliphatic heterocycles. The van der Waals surface area contributed by atoms with Gasteiger partial charge in [-0.1, -0.05) is 51.5 Å². The van der Waals surface area contributed by atoms with Gasteiger partial charge < -0.3 is 0 Å². The molecule has 1 heteroatoms. The third-order valence-corrected chi connectivity index (χ3v) is 2.33. The molecule has 82 valence electrons. The maximum atomic E-state index is 10.6. The maximum Gasteiger partial charge on any atom is 0.152 e. The van der Waals surface area contributed by atoms with Gasteiger partial charge in [0.1, 0.15) is 0 Å². The van der Waals surface area contributed by atoms with Crippen molar-refractivity contribution < 1.29 is 4.79 Å². The molecule has 0 spiro atoms. The zero-order valence-corrected chi connectivity index (χ0v) is 9.72. The molecule has 0 aromatic heterocycles. The second-order valence-electron chi connectivity index (χ2n) is 3.92.